The molecule has 0 aromatic carbocycles. The Balaban J connectivity index is 3.65. The van der Waals surface area contributed by atoms with E-state index in [1.807, 2.05) is 18.7 Å². The van der Waals surface area contributed by atoms with E-state index in [0.29, 0.717) is 23.9 Å². The Bertz CT molecular complexity index is 287. The predicted molar refractivity (Wildman–Crippen MR) is 94.0 cm³/mol. The number of thioether (sulfide) groups is 1. The van der Waals surface area contributed by atoms with Gasteiger partial charge in [0.05, 0.1) is 5.25 Å². The van der Waals surface area contributed by atoms with Crippen molar-refractivity contribution in [1.82, 2.24) is 0 Å². The smallest absolute Gasteiger partial charge is 0.145 e. The summed E-state index contributed by atoms with van der Waals surface area (Å²) in [5, 5.41) is 0.193. The van der Waals surface area contributed by atoms with Crippen LogP contribution in [0.25, 0.3) is 0 Å². The Morgan fingerprint density at radius 1 is 0.905 bits per heavy atom. The first-order valence-electron chi connectivity index (χ1n) is 8.67. The molecular formula is C18H34O2S. The molecule has 0 aliphatic carbocycles. The lowest BCUT2D eigenvalue weighted by atomic mass is 10.0. The van der Waals surface area contributed by atoms with Crippen LogP contribution in [-0.4, -0.2) is 22.6 Å². The third-order valence-corrected chi connectivity index (χ3v) is 5.38. The molecule has 2 nitrogen and oxygen atoms in total. The van der Waals surface area contributed by atoms with Crippen molar-refractivity contribution in [2.45, 2.75) is 90.7 Å². The molecular weight excluding hydrogens is 280 g/mol. The maximum atomic E-state index is 12.1. The van der Waals surface area contributed by atoms with Gasteiger partial charge in [-0.3, -0.25) is 9.59 Å². The van der Waals surface area contributed by atoms with E-state index in [4.69, 9.17) is 0 Å². The van der Waals surface area contributed by atoms with Crippen LogP contribution in [0.15, 0.2) is 0 Å². The second-order valence-corrected chi connectivity index (χ2v) is 7.53. The summed E-state index contributed by atoms with van der Waals surface area (Å²) in [6.45, 7) is 8.55. The molecule has 1 unspecified atom stereocenters. The standard InChI is InChI=1S/C18H34O2S/c1-5-11-16(19)12-9-7-8-10-13-17(20)18(6-2)21-14-15(3)4/h15,18H,5-14H2,1-4H3. The summed E-state index contributed by atoms with van der Waals surface area (Å²) in [7, 11) is 0. The molecule has 0 heterocycles. The lowest BCUT2D eigenvalue weighted by Crippen LogP contribution is -2.17. The van der Waals surface area contributed by atoms with Crippen molar-refractivity contribution in [2.75, 3.05) is 5.75 Å². The summed E-state index contributed by atoms with van der Waals surface area (Å²) in [6, 6.07) is 0. The predicted octanol–water partition coefficient (Wildman–Crippen LogP) is 5.43. The van der Waals surface area contributed by atoms with Crippen LogP contribution in [0.3, 0.4) is 0 Å². The minimum atomic E-state index is 0.193. The Labute approximate surface area is 135 Å². The number of ketones is 2. The third kappa shape index (κ3) is 12.0. The van der Waals surface area contributed by atoms with Gasteiger partial charge in [0.15, 0.2) is 0 Å². The molecule has 0 radical (unpaired) electrons. The van der Waals surface area contributed by atoms with Crippen molar-refractivity contribution >= 4 is 23.3 Å². The van der Waals surface area contributed by atoms with Crippen LogP contribution in [0, 0.1) is 5.92 Å². The normalized spacial score (nSPS) is 12.6. The van der Waals surface area contributed by atoms with Gasteiger partial charge in [-0.25, -0.2) is 0 Å². The van der Waals surface area contributed by atoms with Gasteiger partial charge in [-0.15, -0.1) is 0 Å². The van der Waals surface area contributed by atoms with Crippen LogP contribution in [0.5, 0.6) is 0 Å². The van der Waals surface area contributed by atoms with Crippen LogP contribution < -0.4 is 0 Å². The Hall–Kier alpha value is -0.310. The molecule has 0 saturated carbocycles. The highest BCUT2D eigenvalue weighted by Gasteiger charge is 2.16. The quantitative estimate of drug-likeness (QED) is 0.401. The zero-order valence-electron chi connectivity index (χ0n) is 14.5. The van der Waals surface area contributed by atoms with Crippen molar-refractivity contribution in [1.29, 1.82) is 0 Å². The third-order valence-electron chi connectivity index (χ3n) is 3.52. The number of carbonyl (C=O) groups is 2. The average Bonchev–Trinajstić information content (AvgIpc) is 2.43. The summed E-state index contributed by atoms with van der Waals surface area (Å²) < 4.78 is 0. The molecule has 0 N–H and O–H groups in total. The highest BCUT2D eigenvalue weighted by atomic mass is 32.2. The van der Waals surface area contributed by atoms with E-state index in [1.165, 1.54) is 0 Å². The highest BCUT2D eigenvalue weighted by molar-refractivity contribution is 8.00. The average molecular weight is 315 g/mol. The van der Waals surface area contributed by atoms with Gasteiger partial charge in [0, 0.05) is 19.3 Å². The summed E-state index contributed by atoms with van der Waals surface area (Å²) in [4.78, 5) is 23.5. The summed E-state index contributed by atoms with van der Waals surface area (Å²) in [6.07, 6.45) is 8.21. The van der Waals surface area contributed by atoms with E-state index in [9.17, 15) is 9.59 Å². The molecule has 0 aliphatic heterocycles. The largest absolute Gasteiger partial charge is 0.300 e. The Morgan fingerprint density at radius 2 is 1.52 bits per heavy atom. The molecule has 0 saturated heterocycles. The van der Waals surface area contributed by atoms with Gasteiger partial charge in [0.25, 0.3) is 0 Å². The van der Waals surface area contributed by atoms with E-state index in [1.54, 1.807) is 0 Å². The van der Waals surface area contributed by atoms with Crippen LogP contribution in [0.2, 0.25) is 0 Å². The van der Waals surface area contributed by atoms with Crippen molar-refractivity contribution in [3.8, 4) is 0 Å². The molecule has 0 spiro atoms. The van der Waals surface area contributed by atoms with Gasteiger partial charge in [-0.05, 0) is 37.4 Å². The van der Waals surface area contributed by atoms with Crippen LogP contribution in [0.4, 0.5) is 0 Å². The number of unbranched alkanes of at least 4 members (excludes halogenated alkanes) is 3. The minimum absolute atomic E-state index is 0.193. The monoisotopic (exact) mass is 314 g/mol. The number of hydrogen-bond donors (Lipinski definition) is 0. The molecule has 0 bridgehead atoms. The topological polar surface area (TPSA) is 34.1 Å². The van der Waals surface area contributed by atoms with Gasteiger partial charge in [0.2, 0.25) is 0 Å². The van der Waals surface area contributed by atoms with Crippen LogP contribution in [-0.2, 0) is 9.59 Å². The fourth-order valence-electron chi connectivity index (χ4n) is 2.29. The second-order valence-electron chi connectivity index (χ2n) is 6.29. The maximum Gasteiger partial charge on any atom is 0.145 e. The Morgan fingerprint density at radius 3 is 2.05 bits per heavy atom. The van der Waals surface area contributed by atoms with Crippen molar-refractivity contribution in [2.24, 2.45) is 5.92 Å². The number of hydrogen-bond acceptors (Lipinski definition) is 3. The summed E-state index contributed by atoms with van der Waals surface area (Å²) >= 11 is 1.82. The first-order chi connectivity index (χ1) is 10.0. The lowest BCUT2D eigenvalue weighted by Gasteiger charge is -2.14. The van der Waals surface area contributed by atoms with Gasteiger partial charge in [0.1, 0.15) is 11.6 Å². The number of Topliss-reactive ketones (excluding diaryl/α,β-unsaturated/α-hetero) is 2. The fraction of sp³-hybridized carbons (Fsp3) is 0.889. The number of carbonyl (C=O) groups excluding carboxylic acids is 2. The molecule has 0 fully saturated rings. The SMILES string of the molecule is CCCC(=O)CCCCCCC(=O)C(CC)SCC(C)C. The van der Waals surface area contributed by atoms with Gasteiger partial charge in [-0.1, -0.05) is 40.5 Å². The first kappa shape index (κ1) is 20.7. The molecule has 0 amide bonds. The van der Waals surface area contributed by atoms with E-state index in [0.717, 1.165) is 57.1 Å². The van der Waals surface area contributed by atoms with E-state index < -0.39 is 0 Å². The van der Waals surface area contributed by atoms with Gasteiger partial charge in [-0.2, -0.15) is 11.8 Å². The van der Waals surface area contributed by atoms with Crippen molar-refractivity contribution in [3.05, 3.63) is 0 Å². The molecule has 0 aromatic rings. The molecule has 124 valence electrons. The molecule has 0 aromatic heterocycles. The van der Waals surface area contributed by atoms with Gasteiger partial charge >= 0.3 is 0 Å². The minimum Gasteiger partial charge on any atom is -0.300 e. The summed E-state index contributed by atoms with van der Waals surface area (Å²) in [5.41, 5.74) is 0. The zero-order chi connectivity index (χ0) is 16.1. The van der Waals surface area contributed by atoms with Crippen molar-refractivity contribution in [3.63, 3.8) is 0 Å². The maximum absolute atomic E-state index is 12.1. The number of rotatable bonds is 14. The van der Waals surface area contributed by atoms with Gasteiger partial charge < -0.3 is 0 Å². The van der Waals surface area contributed by atoms with Crippen LogP contribution >= 0.6 is 11.8 Å². The molecule has 1 atom stereocenters. The first-order valence-corrected chi connectivity index (χ1v) is 9.72. The van der Waals surface area contributed by atoms with E-state index in [2.05, 4.69) is 20.8 Å². The fourth-order valence-corrected chi connectivity index (χ4v) is 3.44. The van der Waals surface area contributed by atoms with E-state index >= 15 is 0 Å². The summed E-state index contributed by atoms with van der Waals surface area (Å²) in [5.74, 6) is 2.54. The molecule has 21 heavy (non-hydrogen) atoms. The van der Waals surface area contributed by atoms with E-state index in [-0.39, 0.29) is 5.25 Å². The molecule has 3 heteroatoms. The highest BCUT2D eigenvalue weighted by Crippen LogP contribution is 2.21. The molecule has 0 aliphatic rings. The second kappa shape index (κ2) is 13.4. The Kier molecular flexibility index (Phi) is 13.2. The zero-order valence-corrected chi connectivity index (χ0v) is 15.3. The van der Waals surface area contributed by atoms with Crippen molar-refractivity contribution < 1.29 is 9.59 Å². The lowest BCUT2D eigenvalue weighted by molar-refractivity contribution is -0.120. The van der Waals surface area contributed by atoms with Crippen LogP contribution in [0.1, 0.15) is 85.5 Å². The molecule has 0 rings (SSSR count).